The zero-order valence-electron chi connectivity index (χ0n) is 14.1. The molecule has 0 fully saturated rings. The molecule has 0 saturated carbocycles. The van der Waals surface area contributed by atoms with Crippen LogP contribution in [0.2, 0.25) is 0 Å². The van der Waals surface area contributed by atoms with Gasteiger partial charge in [0, 0.05) is 11.6 Å². The van der Waals surface area contributed by atoms with Gasteiger partial charge in [0.25, 0.3) is 5.91 Å². The zero-order chi connectivity index (χ0) is 18.1. The fraction of sp³-hybridized carbons (Fsp3) is 0.105. The lowest BCUT2D eigenvalue weighted by molar-refractivity contribution is 0.101. The Morgan fingerprint density at radius 2 is 1.96 bits per heavy atom. The van der Waals surface area contributed by atoms with Crippen molar-refractivity contribution in [2.45, 2.75) is 6.92 Å². The van der Waals surface area contributed by atoms with Crippen molar-refractivity contribution in [2.75, 3.05) is 12.4 Å². The molecule has 0 aliphatic rings. The molecule has 130 valence electrons. The third kappa shape index (κ3) is 3.16. The average molecular weight is 365 g/mol. The van der Waals surface area contributed by atoms with Gasteiger partial charge < -0.3 is 9.26 Å². The molecule has 0 atom stereocenters. The number of carbonyl (C=O) groups is 1. The molecule has 7 heteroatoms. The molecule has 1 N–H and O–H groups in total. The number of hydrogen-bond donors (Lipinski definition) is 1. The predicted molar refractivity (Wildman–Crippen MR) is 101 cm³/mol. The van der Waals surface area contributed by atoms with Crippen molar-refractivity contribution in [1.29, 1.82) is 0 Å². The maximum Gasteiger partial charge on any atom is 0.279 e. The predicted octanol–water partition coefficient (Wildman–Crippen LogP) is 4.52. The Kier molecular flexibility index (Phi) is 4.14. The van der Waals surface area contributed by atoms with Gasteiger partial charge in [0.05, 0.1) is 17.3 Å². The highest BCUT2D eigenvalue weighted by atomic mass is 32.1. The number of hydrogen-bond acceptors (Lipinski definition) is 6. The standard InChI is InChI=1S/C19H15N3O3S/c1-11-3-5-12(6-4-11)16-10-15(22-25-16)18(23)21-19-20-14-8-7-13(24-2)9-17(14)26-19/h3-10H,1-2H3,(H,20,21,23). The van der Waals surface area contributed by atoms with Gasteiger partial charge in [-0.15, -0.1) is 0 Å². The number of carbonyl (C=O) groups excluding carboxylic acids is 1. The van der Waals surface area contributed by atoms with E-state index in [9.17, 15) is 4.79 Å². The van der Waals surface area contributed by atoms with E-state index in [1.165, 1.54) is 11.3 Å². The lowest BCUT2D eigenvalue weighted by Gasteiger charge is -1.96. The van der Waals surface area contributed by atoms with Crippen molar-refractivity contribution >= 4 is 32.6 Å². The Labute approximate surface area is 153 Å². The summed E-state index contributed by atoms with van der Waals surface area (Å²) in [5.74, 6) is 0.931. The second-order valence-electron chi connectivity index (χ2n) is 5.75. The van der Waals surface area contributed by atoms with Crippen molar-refractivity contribution in [3.8, 4) is 17.1 Å². The lowest BCUT2D eigenvalue weighted by Crippen LogP contribution is -2.11. The Morgan fingerprint density at radius 1 is 1.15 bits per heavy atom. The molecule has 2 aromatic carbocycles. The highest BCUT2D eigenvalue weighted by Crippen LogP contribution is 2.29. The van der Waals surface area contributed by atoms with Crippen LogP contribution in [0.3, 0.4) is 0 Å². The Balaban J connectivity index is 1.54. The van der Waals surface area contributed by atoms with E-state index >= 15 is 0 Å². The molecule has 0 radical (unpaired) electrons. The molecule has 6 nitrogen and oxygen atoms in total. The molecular weight excluding hydrogens is 350 g/mol. The van der Waals surface area contributed by atoms with Crippen LogP contribution in [0.4, 0.5) is 5.13 Å². The smallest absolute Gasteiger partial charge is 0.279 e. The topological polar surface area (TPSA) is 77.2 Å². The number of thiazole rings is 1. The van der Waals surface area contributed by atoms with Gasteiger partial charge in [-0.05, 0) is 25.1 Å². The number of rotatable bonds is 4. The van der Waals surface area contributed by atoms with Gasteiger partial charge in [0.2, 0.25) is 0 Å². The highest BCUT2D eigenvalue weighted by molar-refractivity contribution is 7.22. The Hall–Kier alpha value is -3.19. The van der Waals surface area contributed by atoms with Crippen molar-refractivity contribution < 1.29 is 14.1 Å². The van der Waals surface area contributed by atoms with Gasteiger partial charge >= 0.3 is 0 Å². The third-order valence-corrected chi connectivity index (χ3v) is 4.83. The minimum absolute atomic E-state index is 0.206. The van der Waals surface area contributed by atoms with E-state index in [1.807, 2.05) is 49.4 Å². The largest absolute Gasteiger partial charge is 0.497 e. The zero-order valence-corrected chi connectivity index (χ0v) is 15.0. The fourth-order valence-electron chi connectivity index (χ4n) is 2.48. The van der Waals surface area contributed by atoms with Gasteiger partial charge in [0.1, 0.15) is 5.75 Å². The number of methoxy groups -OCH3 is 1. The summed E-state index contributed by atoms with van der Waals surface area (Å²) in [5, 5.41) is 7.12. The van der Waals surface area contributed by atoms with Crippen molar-refractivity contribution in [3.05, 3.63) is 59.8 Å². The van der Waals surface area contributed by atoms with Crippen LogP contribution < -0.4 is 10.1 Å². The summed E-state index contributed by atoms with van der Waals surface area (Å²) in [6.07, 6.45) is 0. The first kappa shape index (κ1) is 16.3. The summed E-state index contributed by atoms with van der Waals surface area (Å²) >= 11 is 1.37. The maximum absolute atomic E-state index is 12.4. The molecular formula is C19H15N3O3S. The van der Waals surface area contributed by atoms with Crippen LogP contribution in [0.5, 0.6) is 5.75 Å². The number of aromatic nitrogens is 2. The van der Waals surface area contributed by atoms with E-state index in [-0.39, 0.29) is 11.6 Å². The van der Waals surface area contributed by atoms with Crippen LogP contribution in [0.1, 0.15) is 16.1 Å². The van der Waals surface area contributed by atoms with E-state index in [2.05, 4.69) is 15.5 Å². The van der Waals surface area contributed by atoms with Crippen molar-refractivity contribution in [3.63, 3.8) is 0 Å². The van der Waals surface area contributed by atoms with Crippen LogP contribution in [0.15, 0.2) is 53.1 Å². The van der Waals surface area contributed by atoms with Crippen LogP contribution in [-0.2, 0) is 0 Å². The molecule has 4 rings (SSSR count). The number of ether oxygens (including phenoxy) is 1. The van der Waals surface area contributed by atoms with Crippen LogP contribution in [-0.4, -0.2) is 23.2 Å². The van der Waals surface area contributed by atoms with Gasteiger partial charge in [0.15, 0.2) is 16.6 Å². The average Bonchev–Trinajstić information content (AvgIpc) is 3.28. The fourth-order valence-corrected chi connectivity index (χ4v) is 3.37. The summed E-state index contributed by atoms with van der Waals surface area (Å²) in [5.41, 5.74) is 3.02. The molecule has 0 saturated heterocycles. The summed E-state index contributed by atoms with van der Waals surface area (Å²) in [6.45, 7) is 2.01. The highest BCUT2D eigenvalue weighted by Gasteiger charge is 2.16. The quantitative estimate of drug-likeness (QED) is 0.575. The summed E-state index contributed by atoms with van der Waals surface area (Å²) in [4.78, 5) is 16.8. The van der Waals surface area contributed by atoms with Gasteiger partial charge in [-0.2, -0.15) is 0 Å². The van der Waals surface area contributed by atoms with Crippen molar-refractivity contribution in [1.82, 2.24) is 10.1 Å². The molecule has 0 unspecified atom stereocenters. The lowest BCUT2D eigenvalue weighted by atomic mass is 10.1. The first-order chi connectivity index (χ1) is 12.6. The van der Waals surface area contributed by atoms with Crippen LogP contribution in [0, 0.1) is 6.92 Å². The number of amides is 1. The monoisotopic (exact) mass is 365 g/mol. The SMILES string of the molecule is COc1ccc2nc(NC(=O)c3cc(-c4ccc(C)cc4)on3)sc2c1. The molecule has 4 aromatic rings. The molecule has 0 spiro atoms. The van der Waals surface area contributed by atoms with Gasteiger partial charge in [-0.1, -0.05) is 46.3 Å². The van der Waals surface area contributed by atoms with E-state index in [0.29, 0.717) is 10.9 Å². The number of anilines is 1. The Bertz CT molecular complexity index is 1080. The van der Waals surface area contributed by atoms with Crippen molar-refractivity contribution in [2.24, 2.45) is 0 Å². The number of benzene rings is 2. The summed E-state index contributed by atoms with van der Waals surface area (Å²) < 4.78 is 11.4. The number of nitrogens with one attached hydrogen (secondary N) is 1. The summed E-state index contributed by atoms with van der Waals surface area (Å²) in [6, 6.07) is 15.0. The number of aryl methyl sites for hydroxylation is 1. The summed E-state index contributed by atoms with van der Waals surface area (Å²) in [7, 11) is 1.61. The molecule has 2 heterocycles. The normalized spacial score (nSPS) is 10.8. The van der Waals surface area contributed by atoms with Gasteiger partial charge in [-0.25, -0.2) is 4.98 Å². The molecule has 0 aliphatic heterocycles. The number of fused-ring (bicyclic) bond motifs is 1. The van der Waals surface area contributed by atoms with E-state index in [4.69, 9.17) is 9.26 Å². The molecule has 1 amide bonds. The molecule has 0 aliphatic carbocycles. The first-order valence-corrected chi connectivity index (χ1v) is 8.74. The van der Waals surface area contributed by atoms with E-state index < -0.39 is 0 Å². The van der Waals surface area contributed by atoms with Gasteiger partial charge in [-0.3, -0.25) is 10.1 Å². The minimum atomic E-state index is -0.363. The maximum atomic E-state index is 12.4. The number of nitrogens with zero attached hydrogens (tertiary/aromatic N) is 2. The van der Waals surface area contributed by atoms with E-state index in [0.717, 1.165) is 27.1 Å². The third-order valence-electron chi connectivity index (χ3n) is 3.89. The molecule has 0 bridgehead atoms. The van der Waals surface area contributed by atoms with Crippen LogP contribution in [0.25, 0.3) is 21.5 Å². The molecule has 2 aromatic heterocycles. The Morgan fingerprint density at radius 3 is 2.73 bits per heavy atom. The van der Waals surface area contributed by atoms with E-state index in [1.54, 1.807) is 13.2 Å². The molecule has 26 heavy (non-hydrogen) atoms. The first-order valence-electron chi connectivity index (χ1n) is 7.92. The second-order valence-corrected chi connectivity index (χ2v) is 6.78. The van der Waals surface area contributed by atoms with Crippen LogP contribution >= 0.6 is 11.3 Å². The second kappa shape index (κ2) is 6.61. The minimum Gasteiger partial charge on any atom is -0.497 e.